The molecule has 0 saturated carbocycles. The summed E-state index contributed by atoms with van der Waals surface area (Å²) in [5, 5.41) is 0.721. The average Bonchev–Trinajstić information content (AvgIpc) is 3.02. The van der Waals surface area contributed by atoms with Crippen molar-refractivity contribution in [3.8, 4) is 0 Å². The van der Waals surface area contributed by atoms with Gasteiger partial charge in [-0.15, -0.1) is 0 Å². The van der Waals surface area contributed by atoms with E-state index in [9.17, 15) is 4.79 Å². The summed E-state index contributed by atoms with van der Waals surface area (Å²) in [6.45, 7) is 6.87. The predicted molar refractivity (Wildman–Crippen MR) is 104 cm³/mol. The van der Waals surface area contributed by atoms with Crippen molar-refractivity contribution in [1.82, 2.24) is 4.90 Å². The number of halogens is 1. The maximum Gasteiger partial charge on any atom is 0.170 e. The van der Waals surface area contributed by atoms with E-state index in [0.717, 1.165) is 55.0 Å². The third kappa shape index (κ3) is 3.96. The Morgan fingerprint density at radius 3 is 2.64 bits per heavy atom. The van der Waals surface area contributed by atoms with Crippen LogP contribution in [0.25, 0.3) is 0 Å². The van der Waals surface area contributed by atoms with Crippen LogP contribution >= 0.6 is 11.6 Å². The van der Waals surface area contributed by atoms with Crippen LogP contribution in [0.15, 0.2) is 48.5 Å². The second-order valence-electron chi connectivity index (χ2n) is 7.27. The molecule has 0 aliphatic carbocycles. The number of carbonyl (C=O) groups is 1. The van der Waals surface area contributed by atoms with Crippen molar-refractivity contribution in [3.63, 3.8) is 0 Å². The molecule has 1 aliphatic heterocycles. The molecule has 0 N–H and O–H groups in total. The standard InChI is InChI=1S/C22H26ClNO/c1-3-11-22(21(25)19-9-10-20(23)17(2)14-19)12-13-24(16-22)15-18-7-5-4-6-8-18/h4-10,14H,3,11-13,15-16H2,1-2H3. The molecule has 1 fully saturated rings. The molecule has 1 atom stereocenters. The third-order valence-corrected chi connectivity index (χ3v) is 5.74. The molecule has 3 rings (SSSR count). The van der Waals surface area contributed by atoms with E-state index in [2.05, 4.69) is 36.1 Å². The molecule has 2 aromatic rings. The molecule has 1 unspecified atom stereocenters. The van der Waals surface area contributed by atoms with Gasteiger partial charge in [-0.1, -0.05) is 55.3 Å². The van der Waals surface area contributed by atoms with E-state index in [4.69, 9.17) is 11.6 Å². The first-order valence-corrected chi connectivity index (χ1v) is 9.49. The normalized spacial score (nSPS) is 20.8. The van der Waals surface area contributed by atoms with Crippen LogP contribution in [0.2, 0.25) is 5.02 Å². The van der Waals surface area contributed by atoms with Gasteiger partial charge in [0.1, 0.15) is 0 Å². The lowest BCUT2D eigenvalue weighted by Crippen LogP contribution is -2.34. The number of aryl methyl sites for hydroxylation is 1. The molecule has 2 nitrogen and oxygen atoms in total. The van der Waals surface area contributed by atoms with Crippen molar-refractivity contribution >= 4 is 17.4 Å². The number of hydrogen-bond donors (Lipinski definition) is 0. The minimum atomic E-state index is -0.260. The Morgan fingerprint density at radius 2 is 1.96 bits per heavy atom. The molecule has 132 valence electrons. The van der Waals surface area contributed by atoms with Crippen molar-refractivity contribution in [3.05, 3.63) is 70.2 Å². The highest BCUT2D eigenvalue weighted by Crippen LogP contribution is 2.39. The Kier molecular flexibility index (Phi) is 5.61. The smallest absolute Gasteiger partial charge is 0.170 e. The van der Waals surface area contributed by atoms with Crippen LogP contribution in [0.4, 0.5) is 0 Å². The molecule has 0 amide bonds. The van der Waals surface area contributed by atoms with E-state index in [0.29, 0.717) is 0 Å². The van der Waals surface area contributed by atoms with Crippen LogP contribution in [0.3, 0.4) is 0 Å². The molecule has 2 aromatic carbocycles. The molecule has 0 spiro atoms. The van der Waals surface area contributed by atoms with Gasteiger partial charge in [-0.3, -0.25) is 9.69 Å². The first-order valence-electron chi connectivity index (χ1n) is 9.11. The maximum absolute atomic E-state index is 13.4. The SMILES string of the molecule is CCCC1(C(=O)c2ccc(Cl)c(C)c2)CCN(Cc2ccccc2)C1. The van der Waals surface area contributed by atoms with Gasteiger partial charge in [-0.25, -0.2) is 0 Å². The lowest BCUT2D eigenvalue weighted by molar-refractivity contribution is 0.0780. The van der Waals surface area contributed by atoms with E-state index >= 15 is 0 Å². The zero-order valence-corrected chi connectivity index (χ0v) is 15.9. The monoisotopic (exact) mass is 355 g/mol. The fourth-order valence-electron chi connectivity index (χ4n) is 4.01. The van der Waals surface area contributed by atoms with Gasteiger partial charge in [0.15, 0.2) is 5.78 Å². The van der Waals surface area contributed by atoms with Gasteiger partial charge in [-0.2, -0.15) is 0 Å². The summed E-state index contributed by atoms with van der Waals surface area (Å²) in [4.78, 5) is 15.8. The van der Waals surface area contributed by atoms with Crippen molar-refractivity contribution < 1.29 is 4.79 Å². The van der Waals surface area contributed by atoms with E-state index in [-0.39, 0.29) is 11.2 Å². The zero-order valence-electron chi connectivity index (χ0n) is 15.1. The number of hydrogen-bond acceptors (Lipinski definition) is 2. The van der Waals surface area contributed by atoms with Crippen LogP contribution in [0.1, 0.15) is 47.7 Å². The Labute approximate surface area is 155 Å². The minimum Gasteiger partial charge on any atom is -0.298 e. The van der Waals surface area contributed by atoms with Crippen LogP contribution in [-0.4, -0.2) is 23.8 Å². The lowest BCUT2D eigenvalue weighted by Gasteiger charge is -2.28. The quantitative estimate of drug-likeness (QED) is 0.635. The van der Waals surface area contributed by atoms with Crippen molar-refractivity contribution in [2.75, 3.05) is 13.1 Å². The van der Waals surface area contributed by atoms with Crippen LogP contribution in [-0.2, 0) is 6.54 Å². The van der Waals surface area contributed by atoms with Gasteiger partial charge in [0.05, 0.1) is 0 Å². The molecular weight excluding hydrogens is 330 g/mol. The topological polar surface area (TPSA) is 20.3 Å². The molecule has 0 bridgehead atoms. The second-order valence-corrected chi connectivity index (χ2v) is 7.68. The maximum atomic E-state index is 13.4. The highest BCUT2D eigenvalue weighted by molar-refractivity contribution is 6.31. The summed E-state index contributed by atoms with van der Waals surface area (Å²) in [5.74, 6) is 0.282. The summed E-state index contributed by atoms with van der Waals surface area (Å²) in [7, 11) is 0. The summed E-state index contributed by atoms with van der Waals surface area (Å²) < 4.78 is 0. The average molecular weight is 356 g/mol. The van der Waals surface area contributed by atoms with E-state index < -0.39 is 0 Å². The molecule has 0 aromatic heterocycles. The van der Waals surface area contributed by atoms with E-state index in [1.165, 1.54) is 5.56 Å². The number of rotatable bonds is 6. The van der Waals surface area contributed by atoms with Crippen molar-refractivity contribution in [2.24, 2.45) is 5.41 Å². The molecule has 3 heteroatoms. The fraction of sp³-hybridized carbons (Fsp3) is 0.409. The Bertz CT molecular complexity index is 743. The fourth-order valence-corrected chi connectivity index (χ4v) is 4.13. The van der Waals surface area contributed by atoms with Crippen LogP contribution in [0, 0.1) is 12.3 Å². The molecule has 1 aliphatic rings. The largest absolute Gasteiger partial charge is 0.298 e. The Hall–Kier alpha value is -1.64. The van der Waals surface area contributed by atoms with Crippen molar-refractivity contribution in [2.45, 2.75) is 39.7 Å². The highest BCUT2D eigenvalue weighted by Gasteiger charge is 2.43. The van der Waals surface area contributed by atoms with E-state index in [1.54, 1.807) is 0 Å². The number of likely N-dealkylation sites (tertiary alicyclic amines) is 1. The zero-order chi connectivity index (χ0) is 17.9. The summed E-state index contributed by atoms with van der Waals surface area (Å²) >= 11 is 6.13. The third-order valence-electron chi connectivity index (χ3n) is 5.31. The summed E-state index contributed by atoms with van der Waals surface area (Å²) in [6.07, 6.45) is 2.91. The summed E-state index contributed by atoms with van der Waals surface area (Å²) in [5.41, 5.74) is 2.82. The Balaban J connectivity index is 1.80. The number of Topliss-reactive ketones (excluding diaryl/α,β-unsaturated/α-hetero) is 1. The molecular formula is C22H26ClNO. The molecule has 1 saturated heterocycles. The number of benzene rings is 2. The molecule has 25 heavy (non-hydrogen) atoms. The van der Waals surface area contributed by atoms with E-state index in [1.807, 2.05) is 31.2 Å². The number of carbonyl (C=O) groups excluding carboxylic acids is 1. The molecule has 1 heterocycles. The minimum absolute atomic E-state index is 0.260. The lowest BCUT2D eigenvalue weighted by atomic mass is 9.76. The van der Waals surface area contributed by atoms with Gasteiger partial charge in [0.25, 0.3) is 0 Å². The van der Waals surface area contributed by atoms with Crippen molar-refractivity contribution in [1.29, 1.82) is 0 Å². The first kappa shape index (κ1) is 18.2. The second kappa shape index (κ2) is 7.72. The van der Waals surface area contributed by atoms with Crippen LogP contribution in [0.5, 0.6) is 0 Å². The van der Waals surface area contributed by atoms with Gasteiger partial charge >= 0.3 is 0 Å². The predicted octanol–water partition coefficient (Wildman–Crippen LogP) is 5.52. The number of nitrogens with zero attached hydrogens (tertiary/aromatic N) is 1. The van der Waals surface area contributed by atoms with Gasteiger partial charge in [0.2, 0.25) is 0 Å². The van der Waals surface area contributed by atoms with Crippen LogP contribution < -0.4 is 0 Å². The first-order chi connectivity index (χ1) is 12.0. The summed E-state index contributed by atoms with van der Waals surface area (Å²) in [6, 6.07) is 16.2. The van der Waals surface area contributed by atoms with Gasteiger partial charge < -0.3 is 0 Å². The molecule has 0 radical (unpaired) electrons. The van der Waals surface area contributed by atoms with Gasteiger partial charge in [-0.05, 0) is 55.6 Å². The number of ketones is 1. The van der Waals surface area contributed by atoms with Gasteiger partial charge in [0, 0.05) is 29.1 Å². The Morgan fingerprint density at radius 1 is 1.20 bits per heavy atom. The highest BCUT2D eigenvalue weighted by atomic mass is 35.5.